The number of piperidine rings is 1. The molecule has 1 spiro atoms. The molecule has 5 rings (SSSR count). The molecule has 0 unspecified atom stereocenters. The van der Waals surface area contributed by atoms with Crippen LogP contribution in [0.15, 0.2) is 48.5 Å². The van der Waals surface area contributed by atoms with Gasteiger partial charge in [-0.05, 0) is 66.9 Å². The molecule has 156 valence electrons. The Balaban J connectivity index is 1.21. The van der Waals surface area contributed by atoms with Crippen LogP contribution in [-0.4, -0.2) is 47.6 Å². The second kappa shape index (κ2) is 7.55. The van der Waals surface area contributed by atoms with Crippen LogP contribution in [0.4, 0.5) is 5.69 Å². The quantitative estimate of drug-likeness (QED) is 0.849. The predicted octanol–water partition coefficient (Wildman–Crippen LogP) is 3.40. The number of carbonyl (C=O) groups excluding carboxylic acids is 1. The van der Waals surface area contributed by atoms with Gasteiger partial charge in [0, 0.05) is 25.1 Å². The van der Waals surface area contributed by atoms with E-state index in [1.807, 2.05) is 24.3 Å². The summed E-state index contributed by atoms with van der Waals surface area (Å²) >= 11 is 0. The van der Waals surface area contributed by atoms with E-state index in [0.717, 1.165) is 37.2 Å². The van der Waals surface area contributed by atoms with Gasteiger partial charge in [-0.3, -0.25) is 9.69 Å². The third kappa shape index (κ3) is 3.21. The van der Waals surface area contributed by atoms with E-state index >= 15 is 0 Å². The van der Waals surface area contributed by atoms with E-state index < -0.39 is 12.0 Å². The molecule has 0 saturated carbocycles. The van der Waals surface area contributed by atoms with Crippen molar-refractivity contribution in [2.45, 2.75) is 50.0 Å². The van der Waals surface area contributed by atoms with E-state index in [2.05, 4.69) is 29.2 Å². The van der Waals surface area contributed by atoms with Crippen molar-refractivity contribution < 1.29 is 14.7 Å². The number of hydrogen-bond donors (Lipinski definition) is 1. The summed E-state index contributed by atoms with van der Waals surface area (Å²) in [6.45, 7) is 2.70. The molecule has 1 amide bonds. The van der Waals surface area contributed by atoms with Crippen molar-refractivity contribution in [1.82, 2.24) is 4.90 Å². The number of amides is 1. The first-order valence-corrected chi connectivity index (χ1v) is 11.0. The van der Waals surface area contributed by atoms with Crippen LogP contribution in [0.3, 0.4) is 0 Å². The molecular formula is C25H28N2O3. The number of rotatable bonds is 4. The number of carbonyl (C=O) groups is 2. The molecule has 1 N–H and O–H groups in total. The molecule has 1 aliphatic carbocycles. The zero-order valence-corrected chi connectivity index (χ0v) is 17.2. The molecule has 0 aromatic heterocycles. The normalized spacial score (nSPS) is 22.1. The van der Waals surface area contributed by atoms with Crippen LogP contribution in [0.2, 0.25) is 0 Å². The van der Waals surface area contributed by atoms with Crippen LogP contribution >= 0.6 is 0 Å². The fourth-order valence-electron chi connectivity index (χ4n) is 5.75. The van der Waals surface area contributed by atoms with Crippen molar-refractivity contribution in [3.8, 4) is 0 Å². The topological polar surface area (TPSA) is 60.9 Å². The van der Waals surface area contributed by atoms with Gasteiger partial charge in [0.1, 0.15) is 6.04 Å². The monoisotopic (exact) mass is 404 g/mol. The van der Waals surface area contributed by atoms with Gasteiger partial charge < -0.3 is 10.0 Å². The van der Waals surface area contributed by atoms with Crippen LogP contribution < -0.4 is 4.90 Å². The maximum Gasteiger partial charge on any atom is 0.327 e. The number of hydrogen-bond acceptors (Lipinski definition) is 3. The molecule has 0 bridgehead atoms. The average molecular weight is 405 g/mol. The fourth-order valence-corrected chi connectivity index (χ4v) is 5.75. The van der Waals surface area contributed by atoms with Crippen molar-refractivity contribution >= 4 is 17.6 Å². The van der Waals surface area contributed by atoms with Gasteiger partial charge in [-0.15, -0.1) is 0 Å². The number of para-hydroxylation sites is 1. The van der Waals surface area contributed by atoms with Gasteiger partial charge in [0.15, 0.2) is 0 Å². The Morgan fingerprint density at radius 3 is 2.43 bits per heavy atom. The standard InChI is InChI=1S/C25H28N2O3/c28-23(27-21-8-4-2-6-19(21)17-22(27)24(29)30)10-14-26-15-12-25(13-16-26)11-9-18-5-1-3-7-20(18)25/h1-8,22H,9-17H2,(H,29,30)/t22-/m0/s1. The summed E-state index contributed by atoms with van der Waals surface area (Å²) in [4.78, 5) is 28.6. The number of anilines is 1. The summed E-state index contributed by atoms with van der Waals surface area (Å²) in [5, 5.41) is 9.62. The number of benzene rings is 2. The largest absolute Gasteiger partial charge is 0.480 e. The number of aryl methyl sites for hydroxylation is 1. The third-order valence-corrected chi connectivity index (χ3v) is 7.45. The van der Waals surface area contributed by atoms with E-state index in [4.69, 9.17) is 0 Å². The first-order chi connectivity index (χ1) is 14.6. The summed E-state index contributed by atoms with van der Waals surface area (Å²) in [6.07, 6.45) is 5.46. The van der Waals surface area contributed by atoms with Gasteiger partial charge in [0.05, 0.1) is 0 Å². The Morgan fingerprint density at radius 2 is 1.67 bits per heavy atom. The lowest BCUT2D eigenvalue weighted by Crippen LogP contribution is -2.46. The second-order valence-electron chi connectivity index (χ2n) is 8.98. The van der Waals surface area contributed by atoms with Gasteiger partial charge >= 0.3 is 5.97 Å². The fraction of sp³-hybridized carbons (Fsp3) is 0.440. The first kappa shape index (κ1) is 19.3. The van der Waals surface area contributed by atoms with Crippen molar-refractivity contribution in [1.29, 1.82) is 0 Å². The van der Waals surface area contributed by atoms with E-state index in [1.165, 1.54) is 23.3 Å². The van der Waals surface area contributed by atoms with Crippen molar-refractivity contribution in [3.05, 3.63) is 65.2 Å². The molecule has 2 aliphatic heterocycles. The van der Waals surface area contributed by atoms with E-state index in [9.17, 15) is 14.7 Å². The summed E-state index contributed by atoms with van der Waals surface area (Å²) in [6, 6.07) is 15.6. The Labute approximate surface area is 177 Å². The van der Waals surface area contributed by atoms with Crippen LogP contribution in [0, 0.1) is 0 Å². The third-order valence-electron chi connectivity index (χ3n) is 7.45. The first-order valence-electron chi connectivity index (χ1n) is 11.0. The minimum atomic E-state index is -0.931. The molecule has 2 aromatic rings. The minimum Gasteiger partial charge on any atom is -0.480 e. The average Bonchev–Trinajstić information content (AvgIpc) is 3.33. The highest BCUT2D eigenvalue weighted by molar-refractivity contribution is 6.01. The molecule has 5 heteroatoms. The van der Waals surface area contributed by atoms with Gasteiger partial charge in [0.25, 0.3) is 0 Å². The zero-order valence-electron chi connectivity index (χ0n) is 17.2. The van der Waals surface area contributed by atoms with E-state index in [1.54, 1.807) is 5.56 Å². The lowest BCUT2D eigenvalue weighted by molar-refractivity contribution is -0.139. The van der Waals surface area contributed by atoms with Crippen LogP contribution in [0.5, 0.6) is 0 Å². The van der Waals surface area contributed by atoms with Crippen molar-refractivity contribution in [2.75, 3.05) is 24.5 Å². The summed E-state index contributed by atoms with van der Waals surface area (Å²) < 4.78 is 0. The summed E-state index contributed by atoms with van der Waals surface area (Å²) in [7, 11) is 0. The molecule has 0 radical (unpaired) electrons. The molecule has 30 heavy (non-hydrogen) atoms. The van der Waals surface area contributed by atoms with E-state index in [0.29, 0.717) is 24.8 Å². The predicted molar refractivity (Wildman–Crippen MR) is 116 cm³/mol. The number of aliphatic carboxylic acids is 1. The van der Waals surface area contributed by atoms with Gasteiger partial charge in [0.2, 0.25) is 5.91 Å². The van der Waals surface area contributed by atoms with Gasteiger partial charge in [-0.25, -0.2) is 4.79 Å². The number of likely N-dealkylation sites (tertiary alicyclic amines) is 1. The highest BCUT2D eigenvalue weighted by Crippen LogP contribution is 2.46. The maximum atomic E-state index is 13.0. The molecule has 1 atom stereocenters. The van der Waals surface area contributed by atoms with Crippen molar-refractivity contribution in [2.24, 2.45) is 0 Å². The molecule has 2 heterocycles. The SMILES string of the molecule is O=C(O)[C@@H]1Cc2ccccc2N1C(=O)CCN1CCC2(CCc3ccccc32)CC1. The Hall–Kier alpha value is -2.66. The van der Waals surface area contributed by atoms with Crippen LogP contribution in [0.25, 0.3) is 0 Å². The smallest absolute Gasteiger partial charge is 0.327 e. The molecule has 2 aromatic carbocycles. The van der Waals surface area contributed by atoms with Crippen LogP contribution in [0.1, 0.15) is 42.4 Å². The van der Waals surface area contributed by atoms with Gasteiger partial charge in [-0.2, -0.15) is 0 Å². The number of fused-ring (bicyclic) bond motifs is 3. The highest BCUT2D eigenvalue weighted by Gasteiger charge is 2.41. The lowest BCUT2D eigenvalue weighted by Gasteiger charge is -2.40. The van der Waals surface area contributed by atoms with Gasteiger partial charge in [-0.1, -0.05) is 42.5 Å². The molecule has 3 aliphatic rings. The molecule has 1 saturated heterocycles. The molecule has 5 nitrogen and oxygen atoms in total. The lowest BCUT2D eigenvalue weighted by atomic mass is 9.74. The number of nitrogens with zero attached hydrogens (tertiary/aromatic N) is 2. The maximum absolute atomic E-state index is 13.0. The summed E-state index contributed by atoms with van der Waals surface area (Å²) in [5.41, 5.74) is 5.07. The molecule has 1 fully saturated rings. The number of carboxylic acid groups (broad SMARTS) is 1. The van der Waals surface area contributed by atoms with E-state index in [-0.39, 0.29) is 5.91 Å². The Kier molecular flexibility index (Phi) is 4.86. The Bertz CT molecular complexity index is 978. The second-order valence-corrected chi connectivity index (χ2v) is 8.98. The minimum absolute atomic E-state index is 0.0844. The zero-order chi connectivity index (χ0) is 20.7. The number of carboxylic acids is 1. The summed E-state index contributed by atoms with van der Waals surface area (Å²) in [5.74, 6) is -1.02. The molecular weight excluding hydrogens is 376 g/mol. The van der Waals surface area contributed by atoms with Crippen molar-refractivity contribution in [3.63, 3.8) is 0 Å². The highest BCUT2D eigenvalue weighted by atomic mass is 16.4. The Morgan fingerprint density at radius 1 is 0.967 bits per heavy atom. The van der Waals surface area contributed by atoms with Crippen LogP contribution in [-0.2, 0) is 27.8 Å².